The number of hydrogen-bond acceptors (Lipinski definition) is 2. The second kappa shape index (κ2) is 8.48. The van der Waals surface area contributed by atoms with Gasteiger partial charge in [-0.1, -0.05) is 12.1 Å². The fraction of sp³-hybridized carbons (Fsp3) is 0.333. The number of benzene rings is 2. The minimum absolute atomic E-state index is 0.0704. The van der Waals surface area contributed by atoms with E-state index in [1.54, 1.807) is 12.1 Å². The van der Waals surface area contributed by atoms with E-state index in [1.807, 2.05) is 0 Å². The van der Waals surface area contributed by atoms with Crippen LogP contribution in [0, 0.1) is 19.7 Å². The Morgan fingerprint density at radius 2 is 1.78 bits per heavy atom. The van der Waals surface area contributed by atoms with Crippen LogP contribution in [-0.2, 0) is 0 Å². The fourth-order valence-corrected chi connectivity index (χ4v) is 3.68. The highest BCUT2D eigenvalue weighted by molar-refractivity contribution is 7.80. The zero-order valence-electron chi connectivity index (χ0n) is 15.6. The minimum Gasteiger partial charge on any atom is -0.349 e. The maximum atomic E-state index is 13.3. The van der Waals surface area contributed by atoms with Gasteiger partial charge in [-0.15, -0.1) is 0 Å². The van der Waals surface area contributed by atoms with Crippen molar-refractivity contribution in [2.75, 3.05) is 18.4 Å². The van der Waals surface area contributed by atoms with E-state index in [4.69, 9.17) is 12.2 Å². The number of piperidine rings is 1. The first-order valence-corrected chi connectivity index (χ1v) is 9.52. The van der Waals surface area contributed by atoms with Crippen molar-refractivity contribution in [2.45, 2.75) is 32.7 Å². The van der Waals surface area contributed by atoms with Gasteiger partial charge in [-0.3, -0.25) is 4.79 Å². The van der Waals surface area contributed by atoms with Crippen LogP contribution in [0.4, 0.5) is 10.1 Å². The Morgan fingerprint density at radius 3 is 2.41 bits per heavy atom. The first-order valence-electron chi connectivity index (χ1n) is 9.11. The summed E-state index contributed by atoms with van der Waals surface area (Å²) in [5.41, 5.74) is 3.74. The number of rotatable bonds is 3. The monoisotopic (exact) mass is 385 g/mol. The molecule has 0 atom stereocenters. The van der Waals surface area contributed by atoms with Crippen LogP contribution in [0.25, 0.3) is 0 Å². The molecule has 0 spiro atoms. The van der Waals surface area contributed by atoms with E-state index < -0.39 is 5.82 Å². The van der Waals surface area contributed by atoms with Crippen LogP contribution in [0.2, 0.25) is 0 Å². The zero-order valence-corrected chi connectivity index (χ0v) is 16.4. The molecule has 0 radical (unpaired) electrons. The van der Waals surface area contributed by atoms with Crippen molar-refractivity contribution in [3.8, 4) is 0 Å². The fourth-order valence-electron chi connectivity index (χ4n) is 3.37. The first kappa shape index (κ1) is 19.3. The average Bonchev–Trinajstić information content (AvgIpc) is 2.61. The number of nitrogens with zero attached hydrogens (tertiary/aromatic N) is 1. The molecule has 2 N–H and O–H groups in total. The molecule has 1 saturated heterocycles. The molecular formula is C21H24FN3OS. The summed E-state index contributed by atoms with van der Waals surface area (Å²) in [7, 11) is 0. The summed E-state index contributed by atoms with van der Waals surface area (Å²) in [4.78, 5) is 14.4. The lowest BCUT2D eigenvalue weighted by Crippen LogP contribution is -2.47. The molecule has 1 fully saturated rings. The van der Waals surface area contributed by atoms with Crippen molar-refractivity contribution in [1.29, 1.82) is 0 Å². The molecular weight excluding hydrogens is 361 g/mol. The molecule has 3 rings (SSSR count). The van der Waals surface area contributed by atoms with E-state index in [0.717, 1.165) is 31.6 Å². The smallest absolute Gasteiger partial charge is 0.251 e. The summed E-state index contributed by atoms with van der Waals surface area (Å²) >= 11 is 5.55. The molecule has 0 bridgehead atoms. The van der Waals surface area contributed by atoms with Gasteiger partial charge in [0.1, 0.15) is 5.82 Å². The highest BCUT2D eigenvalue weighted by Crippen LogP contribution is 2.17. The van der Waals surface area contributed by atoms with Crippen LogP contribution in [-0.4, -0.2) is 35.1 Å². The van der Waals surface area contributed by atoms with Crippen LogP contribution >= 0.6 is 12.2 Å². The maximum absolute atomic E-state index is 13.3. The average molecular weight is 386 g/mol. The molecule has 4 nitrogen and oxygen atoms in total. The lowest BCUT2D eigenvalue weighted by atomic mass is 10.0. The highest BCUT2D eigenvalue weighted by atomic mass is 32.1. The number of thiocarbonyl (C=S) groups is 1. The third-order valence-electron chi connectivity index (χ3n) is 4.68. The molecule has 2 aromatic carbocycles. The van der Waals surface area contributed by atoms with Gasteiger partial charge in [0.05, 0.1) is 0 Å². The maximum Gasteiger partial charge on any atom is 0.251 e. The number of halogens is 1. The van der Waals surface area contributed by atoms with E-state index in [2.05, 4.69) is 47.6 Å². The number of likely N-dealkylation sites (tertiary alicyclic amines) is 1. The Kier molecular flexibility index (Phi) is 6.06. The Labute approximate surface area is 164 Å². The van der Waals surface area contributed by atoms with Crippen LogP contribution in [0.5, 0.6) is 0 Å². The van der Waals surface area contributed by atoms with Gasteiger partial charge in [-0.25, -0.2) is 4.39 Å². The third-order valence-corrected chi connectivity index (χ3v) is 5.04. The Hall–Kier alpha value is -2.47. The topological polar surface area (TPSA) is 44.4 Å². The number of amides is 1. The van der Waals surface area contributed by atoms with E-state index in [-0.39, 0.29) is 11.9 Å². The van der Waals surface area contributed by atoms with Gasteiger partial charge in [-0.2, -0.15) is 0 Å². The molecule has 6 heteroatoms. The summed E-state index contributed by atoms with van der Waals surface area (Å²) in [6, 6.07) is 12.1. The van der Waals surface area contributed by atoms with E-state index in [9.17, 15) is 9.18 Å². The lowest BCUT2D eigenvalue weighted by molar-refractivity contribution is 0.0922. The van der Waals surface area contributed by atoms with Gasteiger partial charge in [0.25, 0.3) is 5.91 Å². The van der Waals surface area contributed by atoms with Crippen LogP contribution in [0.15, 0.2) is 42.5 Å². The van der Waals surface area contributed by atoms with Crippen molar-refractivity contribution in [1.82, 2.24) is 10.2 Å². The number of hydrogen-bond donors (Lipinski definition) is 2. The largest absolute Gasteiger partial charge is 0.349 e. The van der Waals surface area contributed by atoms with Gasteiger partial charge < -0.3 is 15.5 Å². The summed E-state index contributed by atoms with van der Waals surface area (Å²) in [5, 5.41) is 7.00. The third kappa shape index (κ3) is 5.26. The van der Waals surface area contributed by atoms with Crippen molar-refractivity contribution < 1.29 is 9.18 Å². The summed E-state index contributed by atoms with van der Waals surface area (Å²) in [5.74, 6) is -0.635. The van der Waals surface area contributed by atoms with E-state index in [0.29, 0.717) is 10.7 Å². The number of aryl methyl sites for hydroxylation is 2. The minimum atomic E-state index is -0.403. The predicted molar refractivity (Wildman–Crippen MR) is 111 cm³/mol. The Bertz CT molecular complexity index is 827. The SMILES string of the molecule is Cc1cc(C)cc(NC(=S)N2CCC(NC(=O)c3cccc(F)c3)CC2)c1. The zero-order chi connectivity index (χ0) is 19.4. The van der Waals surface area contributed by atoms with Crippen molar-refractivity contribution in [2.24, 2.45) is 0 Å². The quantitative estimate of drug-likeness (QED) is 0.783. The molecule has 142 valence electrons. The molecule has 1 amide bonds. The Morgan fingerprint density at radius 1 is 1.11 bits per heavy atom. The molecule has 1 heterocycles. The first-order chi connectivity index (χ1) is 12.9. The molecule has 2 aromatic rings. The van der Waals surface area contributed by atoms with Crippen LogP contribution in [0.3, 0.4) is 0 Å². The number of carbonyl (C=O) groups is 1. The van der Waals surface area contributed by atoms with Crippen molar-refractivity contribution in [3.63, 3.8) is 0 Å². The van der Waals surface area contributed by atoms with E-state index in [1.165, 1.54) is 23.3 Å². The molecule has 27 heavy (non-hydrogen) atoms. The molecule has 0 unspecified atom stereocenters. The highest BCUT2D eigenvalue weighted by Gasteiger charge is 2.22. The molecule has 0 aromatic heterocycles. The van der Waals surface area contributed by atoms with Gasteiger partial charge in [-0.05, 0) is 80.4 Å². The lowest BCUT2D eigenvalue weighted by Gasteiger charge is -2.34. The molecule has 0 saturated carbocycles. The van der Waals surface area contributed by atoms with E-state index >= 15 is 0 Å². The second-order valence-electron chi connectivity index (χ2n) is 7.05. The van der Waals surface area contributed by atoms with Gasteiger partial charge >= 0.3 is 0 Å². The molecule has 0 aliphatic carbocycles. The summed E-state index contributed by atoms with van der Waals surface area (Å²) in [6.07, 6.45) is 1.60. The summed E-state index contributed by atoms with van der Waals surface area (Å²) < 4.78 is 13.3. The van der Waals surface area contributed by atoms with Crippen molar-refractivity contribution in [3.05, 3.63) is 65.0 Å². The number of nitrogens with one attached hydrogen (secondary N) is 2. The van der Waals surface area contributed by atoms with Crippen LogP contribution in [0.1, 0.15) is 34.3 Å². The Balaban J connectivity index is 1.51. The summed E-state index contributed by atoms with van der Waals surface area (Å²) in [6.45, 7) is 5.66. The standard InChI is InChI=1S/C21H24FN3OS/c1-14-10-15(2)12-19(11-14)24-21(27)25-8-6-18(7-9-25)23-20(26)16-4-3-5-17(22)13-16/h3-5,10-13,18H,6-9H2,1-2H3,(H,23,26)(H,24,27). The van der Waals surface area contributed by atoms with Crippen molar-refractivity contribution >= 4 is 28.9 Å². The normalized spacial score (nSPS) is 14.7. The second-order valence-corrected chi connectivity index (χ2v) is 7.44. The molecule has 1 aliphatic heterocycles. The number of carbonyl (C=O) groups excluding carboxylic acids is 1. The van der Waals surface area contributed by atoms with Gasteiger partial charge in [0.15, 0.2) is 5.11 Å². The number of anilines is 1. The predicted octanol–water partition coefficient (Wildman–Crippen LogP) is 4.03. The van der Waals surface area contributed by atoms with Gasteiger partial charge in [0, 0.05) is 30.4 Å². The van der Waals surface area contributed by atoms with Gasteiger partial charge in [0.2, 0.25) is 0 Å². The molecule has 1 aliphatic rings. The van der Waals surface area contributed by atoms with Crippen LogP contribution < -0.4 is 10.6 Å².